The molecule has 3 nitrogen and oxygen atoms in total. The van der Waals surface area contributed by atoms with E-state index in [1.54, 1.807) is 0 Å². The minimum atomic E-state index is -0.697. The molecule has 0 spiro atoms. The van der Waals surface area contributed by atoms with Gasteiger partial charge >= 0.3 is 0 Å². The number of nitrogens with one attached hydrogen (secondary N) is 1. The van der Waals surface area contributed by atoms with E-state index in [2.05, 4.69) is 30.4 Å². The molecule has 0 radical (unpaired) electrons. The van der Waals surface area contributed by atoms with Gasteiger partial charge in [0.05, 0.1) is 12.7 Å². The highest BCUT2D eigenvalue weighted by Crippen LogP contribution is 2.60. The summed E-state index contributed by atoms with van der Waals surface area (Å²) in [6, 6.07) is 6.89. The normalized spacial score (nSPS) is 36.2. The molecule has 3 N–H and O–H groups in total. The molecule has 4 saturated carbocycles. The van der Waals surface area contributed by atoms with Gasteiger partial charge in [-0.15, -0.1) is 0 Å². The molecule has 4 aliphatic rings. The first-order chi connectivity index (χ1) is 11.1. The van der Waals surface area contributed by atoms with Crippen molar-refractivity contribution < 1.29 is 10.2 Å². The minimum absolute atomic E-state index is 0.194. The maximum Gasteiger partial charge on any atom is 0.0942 e. The topological polar surface area (TPSA) is 52.5 Å². The van der Waals surface area contributed by atoms with Crippen LogP contribution in [0.2, 0.25) is 0 Å². The number of anilines is 1. The Balaban J connectivity index is 1.59. The molecule has 0 saturated heterocycles. The average Bonchev–Trinajstić information content (AvgIpc) is 2.52. The van der Waals surface area contributed by atoms with Crippen molar-refractivity contribution in [3.8, 4) is 0 Å². The Kier molecular flexibility index (Phi) is 3.89. The van der Waals surface area contributed by atoms with E-state index in [1.165, 1.54) is 49.7 Å². The van der Waals surface area contributed by atoms with E-state index in [4.69, 9.17) is 5.11 Å². The van der Waals surface area contributed by atoms with Gasteiger partial charge in [-0.3, -0.25) is 0 Å². The molecule has 4 fully saturated rings. The van der Waals surface area contributed by atoms with E-state index in [0.717, 1.165) is 23.4 Å². The van der Waals surface area contributed by atoms with Crippen LogP contribution in [0, 0.1) is 24.7 Å². The first-order valence-corrected chi connectivity index (χ1v) is 9.22. The van der Waals surface area contributed by atoms with Gasteiger partial charge in [-0.05, 0) is 85.8 Å². The lowest BCUT2D eigenvalue weighted by atomic mass is 9.48. The predicted molar refractivity (Wildman–Crippen MR) is 92.6 cm³/mol. The number of aliphatic hydroxyl groups is 2. The van der Waals surface area contributed by atoms with Gasteiger partial charge < -0.3 is 15.5 Å². The van der Waals surface area contributed by atoms with Crippen molar-refractivity contribution >= 4 is 5.69 Å². The van der Waals surface area contributed by atoms with Crippen molar-refractivity contribution in [2.24, 2.45) is 17.8 Å². The summed E-state index contributed by atoms with van der Waals surface area (Å²) in [7, 11) is 0. The molecule has 126 valence electrons. The number of aryl methyl sites for hydroxylation is 1. The quantitative estimate of drug-likeness (QED) is 0.782. The van der Waals surface area contributed by atoms with Crippen molar-refractivity contribution in [2.75, 3.05) is 18.5 Å². The van der Waals surface area contributed by atoms with Crippen LogP contribution in [0.25, 0.3) is 0 Å². The number of aliphatic hydroxyl groups excluding tert-OH is 2. The molecule has 0 aromatic heterocycles. The summed E-state index contributed by atoms with van der Waals surface area (Å²) in [5.74, 6) is 2.86. The van der Waals surface area contributed by atoms with Gasteiger partial charge in [-0.1, -0.05) is 12.1 Å². The molecular weight excluding hydrogens is 286 g/mol. The maximum absolute atomic E-state index is 9.60. The van der Waals surface area contributed by atoms with E-state index < -0.39 is 6.10 Å². The van der Waals surface area contributed by atoms with E-state index in [1.807, 2.05) is 0 Å². The molecule has 23 heavy (non-hydrogen) atoms. The van der Waals surface area contributed by atoms with Crippen LogP contribution in [0.3, 0.4) is 0 Å². The zero-order valence-electron chi connectivity index (χ0n) is 14.1. The van der Waals surface area contributed by atoms with Crippen molar-refractivity contribution in [3.05, 3.63) is 29.3 Å². The second-order valence-corrected chi connectivity index (χ2v) is 8.44. The van der Waals surface area contributed by atoms with Crippen molar-refractivity contribution in [2.45, 2.75) is 57.0 Å². The first-order valence-electron chi connectivity index (χ1n) is 9.22. The monoisotopic (exact) mass is 315 g/mol. The van der Waals surface area contributed by atoms with Gasteiger partial charge in [-0.25, -0.2) is 0 Å². The Hall–Kier alpha value is -1.06. The summed E-state index contributed by atoms with van der Waals surface area (Å²) in [4.78, 5) is 0. The highest BCUT2D eigenvalue weighted by atomic mass is 16.3. The number of hydrogen-bond acceptors (Lipinski definition) is 3. The largest absolute Gasteiger partial charge is 0.394 e. The summed E-state index contributed by atoms with van der Waals surface area (Å²) in [5.41, 5.74) is 4.24. The fourth-order valence-electron chi connectivity index (χ4n) is 5.90. The van der Waals surface area contributed by atoms with Gasteiger partial charge in [0.15, 0.2) is 0 Å². The van der Waals surface area contributed by atoms with Crippen molar-refractivity contribution in [3.63, 3.8) is 0 Å². The maximum atomic E-state index is 9.60. The Morgan fingerprint density at radius 3 is 2.30 bits per heavy atom. The number of benzene rings is 1. The van der Waals surface area contributed by atoms with Gasteiger partial charge in [0.25, 0.3) is 0 Å². The van der Waals surface area contributed by atoms with Gasteiger partial charge in [0, 0.05) is 12.2 Å². The molecular formula is C20H29NO2. The molecule has 4 bridgehead atoms. The van der Waals surface area contributed by atoms with Crippen LogP contribution in [0.4, 0.5) is 5.69 Å². The fraction of sp³-hybridized carbons (Fsp3) is 0.700. The number of hydrogen-bond donors (Lipinski definition) is 3. The highest BCUT2D eigenvalue weighted by molar-refractivity contribution is 5.54. The fourth-order valence-corrected chi connectivity index (χ4v) is 5.90. The van der Waals surface area contributed by atoms with Crippen LogP contribution in [0.15, 0.2) is 18.2 Å². The summed E-state index contributed by atoms with van der Waals surface area (Å²) < 4.78 is 0. The van der Waals surface area contributed by atoms with E-state index in [0.29, 0.717) is 12.0 Å². The van der Waals surface area contributed by atoms with Gasteiger partial charge in [-0.2, -0.15) is 0 Å². The Morgan fingerprint density at radius 1 is 1.13 bits per heavy atom. The zero-order chi connectivity index (χ0) is 16.0. The SMILES string of the molecule is Cc1ccc(C23CC4CC(CC(C4)C2)C3)cc1NCC(O)CO. The first kappa shape index (κ1) is 15.5. The third-order valence-electron chi connectivity index (χ3n) is 6.63. The molecule has 1 atom stereocenters. The zero-order valence-corrected chi connectivity index (χ0v) is 14.1. The standard InChI is InChI=1S/C20H29NO2/c1-13-2-3-17(7-19(13)21-11-18(23)12-22)20-8-14-4-15(9-20)6-16(5-14)10-20/h2-3,7,14-16,18,21-23H,4-6,8-12H2,1H3. The third-order valence-corrected chi connectivity index (χ3v) is 6.63. The van der Waals surface area contributed by atoms with Crippen molar-refractivity contribution in [1.82, 2.24) is 0 Å². The minimum Gasteiger partial charge on any atom is -0.394 e. The summed E-state index contributed by atoms with van der Waals surface area (Å²) in [5, 5.41) is 21.9. The summed E-state index contributed by atoms with van der Waals surface area (Å²) in [6.45, 7) is 2.32. The second-order valence-electron chi connectivity index (χ2n) is 8.44. The van der Waals surface area contributed by atoms with Crippen LogP contribution in [0.1, 0.15) is 49.7 Å². The molecule has 4 aliphatic carbocycles. The van der Waals surface area contributed by atoms with Crippen LogP contribution in [-0.4, -0.2) is 29.5 Å². The molecule has 0 amide bonds. The highest BCUT2D eigenvalue weighted by Gasteiger charge is 2.51. The van der Waals surface area contributed by atoms with Crippen LogP contribution in [-0.2, 0) is 5.41 Å². The lowest BCUT2D eigenvalue weighted by molar-refractivity contribution is -0.00517. The molecule has 0 aliphatic heterocycles. The molecule has 1 aromatic carbocycles. The summed E-state index contributed by atoms with van der Waals surface area (Å²) in [6.07, 6.45) is 7.84. The molecule has 5 rings (SSSR count). The van der Waals surface area contributed by atoms with Crippen LogP contribution < -0.4 is 5.32 Å². The lowest BCUT2D eigenvalue weighted by Gasteiger charge is -2.57. The van der Waals surface area contributed by atoms with Crippen molar-refractivity contribution in [1.29, 1.82) is 0 Å². The smallest absolute Gasteiger partial charge is 0.0942 e. The Morgan fingerprint density at radius 2 is 1.74 bits per heavy atom. The number of rotatable bonds is 5. The lowest BCUT2D eigenvalue weighted by Crippen LogP contribution is -2.48. The predicted octanol–water partition coefficient (Wildman–Crippen LogP) is 3.23. The molecule has 1 unspecified atom stereocenters. The summed E-state index contributed by atoms with van der Waals surface area (Å²) >= 11 is 0. The third kappa shape index (κ3) is 2.78. The van der Waals surface area contributed by atoms with Crippen LogP contribution in [0.5, 0.6) is 0 Å². The molecule has 3 heteroatoms. The Bertz CT molecular complexity index is 548. The van der Waals surface area contributed by atoms with Gasteiger partial charge in [0.1, 0.15) is 0 Å². The van der Waals surface area contributed by atoms with E-state index in [9.17, 15) is 5.11 Å². The van der Waals surface area contributed by atoms with Gasteiger partial charge in [0.2, 0.25) is 0 Å². The molecule has 0 heterocycles. The van der Waals surface area contributed by atoms with E-state index >= 15 is 0 Å². The molecule has 1 aromatic rings. The average molecular weight is 315 g/mol. The van der Waals surface area contributed by atoms with Crippen LogP contribution >= 0.6 is 0 Å². The Labute approximate surface area is 139 Å². The van der Waals surface area contributed by atoms with E-state index in [-0.39, 0.29) is 6.61 Å². The second kappa shape index (κ2) is 5.78.